The summed E-state index contributed by atoms with van der Waals surface area (Å²) in [7, 11) is 1.96. The van der Waals surface area contributed by atoms with Crippen molar-refractivity contribution < 1.29 is 9.72 Å². The lowest BCUT2D eigenvalue weighted by molar-refractivity contribution is -0.384. The molecule has 0 spiro atoms. The van der Waals surface area contributed by atoms with Crippen molar-refractivity contribution in [3.05, 3.63) is 46.1 Å². The molecule has 4 rings (SSSR count). The van der Waals surface area contributed by atoms with Crippen LogP contribution in [-0.2, 0) is 11.8 Å². The number of rotatable bonds is 3. The highest BCUT2D eigenvalue weighted by Gasteiger charge is 2.28. The highest BCUT2D eigenvalue weighted by Crippen LogP contribution is 2.34. The van der Waals surface area contributed by atoms with Gasteiger partial charge in [-0.25, -0.2) is 0 Å². The molecule has 1 fully saturated rings. The Kier molecular flexibility index (Phi) is 4.26. The summed E-state index contributed by atoms with van der Waals surface area (Å²) in [5.74, 6) is 0.511. The molecule has 1 aromatic heterocycles. The summed E-state index contributed by atoms with van der Waals surface area (Å²) < 4.78 is 2.01. The zero-order chi connectivity index (χ0) is 18.3. The van der Waals surface area contributed by atoms with Crippen LogP contribution in [-0.4, -0.2) is 33.4 Å². The largest absolute Gasteiger partial charge is 0.350 e. The highest BCUT2D eigenvalue weighted by atomic mass is 16.6. The summed E-state index contributed by atoms with van der Waals surface area (Å²) in [5, 5.41) is 12.0. The molecule has 2 aromatic rings. The van der Waals surface area contributed by atoms with Crippen LogP contribution in [0.1, 0.15) is 37.7 Å². The number of carbonyl (C=O) groups is 1. The number of hydrogen-bond donors (Lipinski definition) is 0. The van der Waals surface area contributed by atoms with E-state index < -0.39 is 0 Å². The SMILES string of the molecule is Cn1cc(C2=CCN(C(=O)C3CCCC3)CC2)c2cc([N+](=O)[O-])ccc21. The first-order valence-electron chi connectivity index (χ1n) is 9.26. The highest BCUT2D eigenvalue weighted by molar-refractivity contribution is 5.95. The summed E-state index contributed by atoms with van der Waals surface area (Å²) >= 11 is 0. The Morgan fingerprint density at radius 1 is 1.27 bits per heavy atom. The number of nitrogens with zero attached hydrogens (tertiary/aromatic N) is 3. The van der Waals surface area contributed by atoms with Gasteiger partial charge >= 0.3 is 0 Å². The second-order valence-corrected chi connectivity index (χ2v) is 7.36. The second kappa shape index (κ2) is 6.59. The first-order chi connectivity index (χ1) is 12.5. The molecule has 1 saturated carbocycles. The van der Waals surface area contributed by atoms with E-state index >= 15 is 0 Å². The first kappa shape index (κ1) is 16.8. The van der Waals surface area contributed by atoms with Crippen molar-refractivity contribution in [1.29, 1.82) is 0 Å². The summed E-state index contributed by atoms with van der Waals surface area (Å²) in [6.07, 6.45) is 9.33. The van der Waals surface area contributed by atoms with E-state index in [2.05, 4.69) is 6.08 Å². The average Bonchev–Trinajstić information content (AvgIpc) is 3.29. The van der Waals surface area contributed by atoms with Gasteiger partial charge in [0.2, 0.25) is 5.91 Å². The van der Waals surface area contributed by atoms with E-state index in [1.807, 2.05) is 22.7 Å². The molecule has 2 heterocycles. The molecule has 0 unspecified atom stereocenters. The Hall–Kier alpha value is -2.63. The lowest BCUT2D eigenvalue weighted by atomic mass is 9.97. The van der Waals surface area contributed by atoms with E-state index in [4.69, 9.17) is 0 Å². The third-order valence-electron chi connectivity index (χ3n) is 5.76. The van der Waals surface area contributed by atoms with Crippen LogP contribution in [0, 0.1) is 16.0 Å². The molecule has 0 radical (unpaired) electrons. The van der Waals surface area contributed by atoms with Gasteiger partial charge in [0.1, 0.15) is 0 Å². The number of hydrogen-bond acceptors (Lipinski definition) is 3. The maximum atomic E-state index is 12.6. The van der Waals surface area contributed by atoms with Gasteiger partial charge in [-0.2, -0.15) is 0 Å². The summed E-state index contributed by atoms with van der Waals surface area (Å²) in [4.78, 5) is 25.3. The molecule has 0 atom stereocenters. The predicted octanol–water partition coefficient (Wildman–Crippen LogP) is 3.89. The lowest BCUT2D eigenvalue weighted by Gasteiger charge is -2.28. The lowest BCUT2D eigenvalue weighted by Crippen LogP contribution is -2.38. The van der Waals surface area contributed by atoms with Gasteiger partial charge in [0.25, 0.3) is 5.69 Å². The number of non-ortho nitro benzene ring substituents is 1. The van der Waals surface area contributed by atoms with Crippen LogP contribution in [0.25, 0.3) is 16.5 Å². The summed E-state index contributed by atoms with van der Waals surface area (Å²) in [5.41, 5.74) is 3.31. The smallest absolute Gasteiger partial charge is 0.270 e. The van der Waals surface area contributed by atoms with Gasteiger partial charge in [0, 0.05) is 60.9 Å². The maximum absolute atomic E-state index is 12.6. The van der Waals surface area contributed by atoms with E-state index in [9.17, 15) is 14.9 Å². The van der Waals surface area contributed by atoms with Gasteiger partial charge in [-0.15, -0.1) is 0 Å². The Balaban J connectivity index is 1.61. The molecule has 1 aliphatic carbocycles. The van der Waals surface area contributed by atoms with E-state index in [0.29, 0.717) is 12.5 Å². The Bertz CT molecular complexity index is 906. The molecule has 2 aliphatic rings. The molecule has 1 aliphatic heterocycles. The molecular formula is C20H23N3O3. The first-order valence-corrected chi connectivity index (χ1v) is 9.26. The molecule has 6 nitrogen and oxygen atoms in total. The third-order valence-corrected chi connectivity index (χ3v) is 5.76. The van der Waals surface area contributed by atoms with Gasteiger partial charge in [-0.05, 0) is 30.9 Å². The number of aromatic nitrogens is 1. The third kappa shape index (κ3) is 2.89. The van der Waals surface area contributed by atoms with Crippen molar-refractivity contribution in [2.24, 2.45) is 13.0 Å². The molecule has 136 valence electrons. The quantitative estimate of drug-likeness (QED) is 0.621. The van der Waals surface area contributed by atoms with Crippen LogP contribution >= 0.6 is 0 Å². The van der Waals surface area contributed by atoms with Crippen LogP contribution in [0.2, 0.25) is 0 Å². The fourth-order valence-electron chi connectivity index (χ4n) is 4.29. The molecular weight excluding hydrogens is 330 g/mol. The minimum Gasteiger partial charge on any atom is -0.350 e. The molecule has 6 heteroatoms. The van der Waals surface area contributed by atoms with Gasteiger partial charge in [0.15, 0.2) is 0 Å². The minimum atomic E-state index is -0.354. The van der Waals surface area contributed by atoms with Crippen molar-refractivity contribution in [2.45, 2.75) is 32.1 Å². The van der Waals surface area contributed by atoms with E-state index in [-0.39, 0.29) is 16.5 Å². The molecule has 0 bridgehead atoms. The Morgan fingerprint density at radius 3 is 2.69 bits per heavy atom. The van der Waals surface area contributed by atoms with Crippen molar-refractivity contribution in [3.63, 3.8) is 0 Å². The van der Waals surface area contributed by atoms with Gasteiger partial charge in [-0.1, -0.05) is 18.9 Å². The molecule has 1 amide bonds. The van der Waals surface area contributed by atoms with Crippen LogP contribution in [0.4, 0.5) is 5.69 Å². The maximum Gasteiger partial charge on any atom is 0.270 e. The van der Waals surface area contributed by atoms with Crippen molar-refractivity contribution >= 4 is 28.1 Å². The van der Waals surface area contributed by atoms with E-state index in [1.54, 1.807) is 18.2 Å². The monoisotopic (exact) mass is 353 g/mol. The molecule has 26 heavy (non-hydrogen) atoms. The molecule has 0 saturated heterocycles. The number of amides is 1. The topological polar surface area (TPSA) is 68.4 Å². The van der Waals surface area contributed by atoms with Gasteiger partial charge in [-0.3, -0.25) is 14.9 Å². The van der Waals surface area contributed by atoms with Crippen LogP contribution in [0.15, 0.2) is 30.5 Å². The van der Waals surface area contributed by atoms with Crippen LogP contribution in [0.5, 0.6) is 0 Å². The van der Waals surface area contributed by atoms with Crippen LogP contribution < -0.4 is 0 Å². The van der Waals surface area contributed by atoms with Crippen LogP contribution in [0.3, 0.4) is 0 Å². The van der Waals surface area contributed by atoms with Gasteiger partial charge in [0.05, 0.1) is 4.92 Å². The van der Waals surface area contributed by atoms with E-state index in [0.717, 1.165) is 42.3 Å². The van der Waals surface area contributed by atoms with Crippen molar-refractivity contribution in [3.8, 4) is 0 Å². The van der Waals surface area contributed by atoms with E-state index in [1.165, 1.54) is 18.4 Å². The fourth-order valence-corrected chi connectivity index (χ4v) is 4.29. The standard InChI is InChI=1S/C20H23N3O3/c1-21-13-18(17-12-16(23(25)26)6-7-19(17)21)14-8-10-22(11-9-14)20(24)15-4-2-3-5-15/h6-8,12-13,15H,2-5,9-11H2,1H3. The number of nitro benzene ring substituents is 1. The number of fused-ring (bicyclic) bond motifs is 1. The number of aryl methyl sites for hydroxylation is 1. The zero-order valence-electron chi connectivity index (χ0n) is 15.0. The van der Waals surface area contributed by atoms with Crippen molar-refractivity contribution in [1.82, 2.24) is 9.47 Å². The number of benzene rings is 1. The Labute approximate surface area is 152 Å². The summed E-state index contributed by atoms with van der Waals surface area (Å²) in [6, 6.07) is 5.00. The summed E-state index contributed by atoms with van der Waals surface area (Å²) in [6.45, 7) is 1.36. The van der Waals surface area contributed by atoms with Crippen molar-refractivity contribution in [2.75, 3.05) is 13.1 Å². The van der Waals surface area contributed by atoms with Gasteiger partial charge < -0.3 is 9.47 Å². The zero-order valence-corrected chi connectivity index (χ0v) is 15.0. The molecule has 0 N–H and O–H groups in total. The predicted molar refractivity (Wildman–Crippen MR) is 101 cm³/mol. The number of carbonyl (C=O) groups excluding carboxylic acids is 1. The second-order valence-electron chi connectivity index (χ2n) is 7.36. The number of nitro groups is 1. The normalized spacial score (nSPS) is 18.3. The minimum absolute atomic E-state index is 0.111. The average molecular weight is 353 g/mol. The Morgan fingerprint density at radius 2 is 2.04 bits per heavy atom. The fraction of sp³-hybridized carbons (Fsp3) is 0.450. The molecule has 1 aromatic carbocycles.